The summed E-state index contributed by atoms with van der Waals surface area (Å²) in [6.07, 6.45) is 2.23. The standard InChI is InChI=1S/C11H9FN2/c1-14-7-8(4-5-13)10-3-2-9(12)6-11(10)14/h2-3,6-7H,4H2,1H3. The third kappa shape index (κ3) is 1.25. The van der Waals surface area contributed by atoms with Crippen molar-refractivity contribution in [2.75, 3.05) is 0 Å². The van der Waals surface area contributed by atoms with Gasteiger partial charge in [0.25, 0.3) is 0 Å². The van der Waals surface area contributed by atoms with E-state index in [1.54, 1.807) is 6.07 Å². The molecule has 2 aromatic rings. The number of aryl methyl sites for hydroxylation is 1. The second-order valence-electron chi connectivity index (χ2n) is 3.26. The lowest BCUT2D eigenvalue weighted by atomic mass is 10.1. The van der Waals surface area contributed by atoms with Gasteiger partial charge in [0.1, 0.15) is 5.82 Å². The first-order chi connectivity index (χ1) is 6.72. The number of halogens is 1. The first kappa shape index (κ1) is 8.76. The molecule has 2 nitrogen and oxygen atoms in total. The second kappa shape index (κ2) is 3.15. The molecule has 3 heteroatoms. The summed E-state index contributed by atoms with van der Waals surface area (Å²) >= 11 is 0. The summed E-state index contributed by atoms with van der Waals surface area (Å²) in [7, 11) is 1.85. The Bertz CT molecular complexity index is 520. The van der Waals surface area contributed by atoms with E-state index < -0.39 is 0 Å². The average molecular weight is 188 g/mol. The van der Waals surface area contributed by atoms with Crippen molar-refractivity contribution < 1.29 is 4.39 Å². The van der Waals surface area contributed by atoms with Crippen LogP contribution in [0.15, 0.2) is 24.4 Å². The van der Waals surface area contributed by atoms with Crippen LogP contribution in [-0.2, 0) is 13.5 Å². The largest absolute Gasteiger partial charge is 0.350 e. The van der Waals surface area contributed by atoms with E-state index in [1.165, 1.54) is 12.1 Å². The number of aromatic nitrogens is 1. The summed E-state index contributed by atoms with van der Waals surface area (Å²) in [6.45, 7) is 0. The van der Waals surface area contributed by atoms with Gasteiger partial charge in [-0.2, -0.15) is 5.26 Å². The van der Waals surface area contributed by atoms with Crippen LogP contribution in [0, 0.1) is 17.1 Å². The van der Waals surface area contributed by atoms with Crippen LogP contribution in [0.4, 0.5) is 4.39 Å². The molecule has 0 saturated carbocycles. The molecule has 1 heterocycles. The highest BCUT2D eigenvalue weighted by Gasteiger charge is 2.06. The van der Waals surface area contributed by atoms with E-state index in [9.17, 15) is 4.39 Å². The summed E-state index contributed by atoms with van der Waals surface area (Å²) in [5.74, 6) is -0.248. The molecule has 0 bridgehead atoms. The van der Waals surface area contributed by atoms with Crippen LogP contribution in [-0.4, -0.2) is 4.57 Å². The maximum absolute atomic E-state index is 12.9. The molecule has 0 aliphatic rings. The van der Waals surface area contributed by atoms with Crippen molar-refractivity contribution >= 4 is 10.9 Å². The van der Waals surface area contributed by atoms with E-state index in [-0.39, 0.29) is 5.82 Å². The number of benzene rings is 1. The topological polar surface area (TPSA) is 28.7 Å². The summed E-state index contributed by atoms with van der Waals surface area (Å²) in [6, 6.07) is 6.72. The van der Waals surface area contributed by atoms with E-state index in [4.69, 9.17) is 5.26 Å². The predicted molar refractivity (Wildman–Crippen MR) is 52.2 cm³/mol. The summed E-state index contributed by atoms with van der Waals surface area (Å²) in [5.41, 5.74) is 1.78. The van der Waals surface area contributed by atoms with Gasteiger partial charge in [-0.25, -0.2) is 4.39 Å². The number of nitriles is 1. The van der Waals surface area contributed by atoms with Crippen LogP contribution in [0.1, 0.15) is 5.56 Å². The highest BCUT2D eigenvalue weighted by atomic mass is 19.1. The molecule has 14 heavy (non-hydrogen) atoms. The Morgan fingerprint density at radius 1 is 1.50 bits per heavy atom. The average Bonchev–Trinajstić information content (AvgIpc) is 2.44. The molecule has 0 N–H and O–H groups in total. The van der Waals surface area contributed by atoms with E-state index >= 15 is 0 Å². The maximum Gasteiger partial charge on any atom is 0.125 e. The Morgan fingerprint density at radius 2 is 2.29 bits per heavy atom. The Balaban J connectivity index is 2.72. The SMILES string of the molecule is Cn1cc(CC#N)c2ccc(F)cc21. The fraction of sp³-hybridized carbons (Fsp3) is 0.182. The Labute approximate surface area is 81.2 Å². The lowest BCUT2D eigenvalue weighted by molar-refractivity contribution is 0.629. The van der Waals surface area contributed by atoms with E-state index in [0.29, 0.717) is 6.42 Å². The minimum atomic E-state index is -0.248. The first-order valence-electron chi connectivity index (χ1n) is 4.33. The molecule has 1 aromatic heterocycles. The zero-order valence-corrected chi connectivity index (χ0v) is 7.79. The summed E-state index contributed by atoms with van der Waals surface area (Å²) in [4.78, 5) is 0. The molecule has 1 aromatic carbocycles. The Morgan fingerprint density at radius 3 is 3.00 bits per heavy atom. The molecule has 0 amide bonds. The van der Waals surface area contributed by atoms with Gasteiger partial charge in [0.15, 0.2) is 0 Å². The van der Waals surface area contributed by atoms with Gasteiger partial charge in [0.2, 0.25) is 0 Å². The monoisotopic (exact) mass is 188 g/mol. The fourth-order valence-electron chi connectivity index (χ4n) is 1.67. The smallest absolute Gasteiger partial charge is 0.125 e. The Hall–Kier alpha value is -1.82. The van der Waals surface area contributed by atoms with Crippen molar-refractivity contribution in [3.8, 4) is 6.07 Å². The van der Waals surface area contributed by atoms with Crippen molar-refractivity contribution in [2.24, 2.45) is 7.05 Å². The normalized spacial score (nSPS) is 10.4. The van der Waals surface area contributed by atoms with Crippen molar-refractivity contribution in [3.63, 3.8) is 0 Å². The van der Waals surface area contributed by atoms with Gasteiger partial charge in [-0.05, 0) is 23.8 Å². The van der Waals surface area contributed by atoms with Crippen LogP contribution >= 0.6 is 0 Å². The fourth-order valence-corrected chi connectivity index (χ4v) is 1.67. The highest BCUT2D eigenvalue weighted by molar-refractivity contribution is 5.84. The van der Waals surface area contributed by atoms with Gasteiger partial charge in [-0.1, -0.05) is 0 Å². The maximum atomic E-state index is 12.9. The summed E-state index contributed by atoms with van der Waals surface area (Å²) in [5, 5.41) is 9.56. The molecular weight excluding hydrogens is 179 g/mol. The minimum absolute atomic E-state index is 0.248. The minimum Gasteiger partial charge on any atom is -0.350 e. The number of rotatable bonds is 1. The first-order valence-corrected chi connectivity index (χ1v) is 4.33. The lowest BCUT2D eigenvalue weighted by Crippen LogP contribution is -1.83. The number of nitrogens with zero attached hydrogens (tertiary/aromatic N) is 2. The molecule has 0 atom stereocenters. The van der Waals surface area contributed by atoms with Gasteiger partial charge < -0.3 is 4.57 Å². The third-order valence-electron chi connectivity index (χ3n) is 2.30. The van der Waals surface area contributed by atoms with Crippen LogP contribution in [0.3, 0.4) is 0 Å². The van der Waals surface area contributed by atoms with Crippen LogP contribution in [0.5, 0.6) is 0 Å². The molecule has 0 aliphatic heterocycles. The number of fused-ring (bicyclic) bond motifs is 1. The summed E-state index contributed by atoms with van der Waals surface area (Å²) < 4.78 is 14.8. The molecule has 0 unspecified atom stereocenters. The van der Waals surface area contributed by atoms with Gasteiger partial charge in [0, 0.05) is 18.6 Å². The van der Waals surface area contributed by atoms with Gasteiger partial charge in [-0.15, -0.1) is 0 Å². The molecular formula is C11H9FN2. The van der Waals surface area contributed by atoms with Crippen molar-refractivity contribution in [1.82, 2.24) is 4.57 Å². The number of hydrogen-bond donors (Lipinski definition) is 0. The third-order valence-corrected chi connectivity index (χ3v) is 2.30. The van der Waals surface area contributed by atoms with E-state index in [2.05, 4.69) is 6.07 Å². The molecule has 0 saturated heterocycles. The highest BCUT2D eigenvalue weighted by Crippen LogP contribution is 2.21. The van der Waals surface area contributed by atoms with Crippen molar-refractivity contribution in [2.45, 2.75) is 6.42 Å². The predicted octanol–water partition coefficient (Wildman–Crippen LogP) is 2.38. The Kier molecular flexibility index (Phi) is 1.97. The molecule has 70 valence electrons. The quantitative estimate of drug-likeness (QED) is 0.675. The second-order valence-corrected chi connectivity index (χ2v) is 3.26. The van der Waals surface area contributed by atoms with Gasteiger partial charge >= 0.3 is 0 Å². The van der Waals surface area contributed by atoms with Crippen LogP contribution < -0.4 is 0 Å². The molecule has 0 fully saturated rings. The lowest BCUT2D eigenvalue weighted by Gasteiger charge is -1.95. The van der Waals surface area contributed by atoms with Gasteiger partial charge in [-0.3, -0.25) is 0 Å². The van der Waals surface area contributed by atoms with Crippen LogP contribution in [0.2, 0.25) is 0 Å². The van der Waals surface area contributed by atoms with Gasteiger partial charge in [0.05, 0.1) is 18.0 Å². The number of hydrogen-bond acceptors (Lipinski definition) is 1. The van der Waals surface area contributed by atoms with E-state index in [1.807, 2.05) is 17.8 Å². The molecule has 0 radical (unpaired) electrons. The molecule has 2 rings (SSSR count). The molecule has 0 aliphatic carbocycles. The van der Waals surface area contributed by atoms with E-state index in [0.717, 1.165) is 16.5 Å². The zero-order valence-electron chi connectivity index (χ0n) is 7.79. The van der Waals surface area contributed by atoms with Crippen molar-refractivity contribution in [1.29, 1.82) is 5.26 Å². The van der Waals surface area contributed by atoms with Crippen molar-refractivity contribution in [3.05, 3.63) is 35.8 Å². The van der Waals surface area contributed by atoms with Crippen LogP contribution in [0.25, 0.3) is 10.9 Å². The zero-order chi connectivity index (χ0) is 10.1. The molecule has 0 spiro atoms.